The topological polar surface area (TPSA) is 20.3 Å². The molecule has 0 bridgehead atoms. The van der Waals surface area contributed by atoms with Crippen LogP contribution in [0, 0.1) is 5.82 Å². The molecule has 1 aromatic carbocycles. The van der Waals surface area contributed by atoms with E-state index in [-0.39, 0.29) is 23.8 Å². The van der Waals surface area contributed by atoms with Gasteiger partial charge in [0.1, 0.15) is 12.0 Å². The van der Waals surface area contributed by atoms with E-state index >= 15 is 0 Å². The van der Waals surface area contributed by atoms with Gasteiger partial charge in [0.05, 0.1) is 12.1 Å². The van der Waals surface area contributed by atoms with Crippen molar-refractivity contribution >= 4 is 5.91 Å². The third-order valence-electron chi connectivity index (χ3n) is 3.85. The maximum Gasteiger partial charge on any atom is 0.223 e. The average Bonchev–Trinajstić information content (AvgIpc) is 2.68. The highest BCUT2D eigenvalue weighted by molar-refractivity contribution is 5.80. The Labute approximate surface area is 98.2 Å². The smallest absolute Gasteiger partial charge is 0.223 e. The van der Waals surface area contributed by atoms with Crippen LogP contribution in [0.5, 0.6) is 0 Å². The molecule has 90 valence electrons. The zero-order valence-electron chi connectivity index (χ0n) is 9.49. The third kappa shape index (κ3) is 1.39. The quantitative estimate of drug-likeness (QED) is 0.679. The van der Waals surface area contributed by atoms with E-state index < -0.39 is 6.17 Å². The molecule has 3 atom stereocenters. The van der Waals surface area contributed by atoms with Crippen LogP contribution in [0.1, 0.15) is 43.1 Å². The lowest BCUT2D eigenvalue weighted by Gasteiger charge is -2.39. The van der Waals surface area contributed by atoms with Crippen molar-refractivity contribution in [3.05, 3.63) is 35.1 Å². The molecule has 0 saturated carbocycles. The molecule has 0 spiro atoms. The fourth-order valence-corrected chi connectivity index (χ4v) is 3.03. The Hall–Kier alpha value is -1.45. The molecule has 2 heterocycles. The van der Waals surface area contributed by atoms with Gasteiger partial charge in [-0.3, -0.25) is 4.79 Å². The zero-order chi connectivity index (χ0) is 12.2. The minimum absolute atomic E-state index is 0.0277. The third-order valence-corrected chi connectivity index (χ3v) is 3.85. The summed E-state index contributed by atoms with van der Waals surface area (Å²) in [6, 6.07) is 3.54. The maximum atomic E-state index is 14.3. The van der Waals surface area contributed by atoms with Gasteiger partial charge in [-0.1, -0.05) is 6.07 Å². The second-order valence-electron chi connectivity index (χ2n) is 4.76. The first kappa shape index (κ1) is 10.7. The summed E-state index contributed by atoms with van der Waals surface area (Å²) in [5, 5.41) is 0. The van der Waals surface area contributed by atoms with E-state index in [1.165, 1.54) is 18.2 Å². The number of benzene rings is 1. The van der Waals surface area contributed by atoms with Crippen molar-refractivity contribution in [2.24, 2.45) is 0 Å². The standard InChI is InChI=1S/C13H13F2NO/c1-7-10-6-8(14)2-3-9(10)13(15)11-4-5-12(17)16(7)11/h2-3,6-7,11,13H,4-5H2,1H3/t7-,11+,13-/m1/s1. The molecule has 2 aliphatic heterocycles. The SMILES string of the molecule is C[C@@H]1c2cc(F)ccc2[C@@H](F)[C@@H]2CCC(=O)N12. The molecule has 17 heavy (non-hydrogen) atoms. The van der Waals surface area contributed by atoms with E-state index in [1.807, 2.05) is 6.92 Å². The molecule has 1 fully saturated rings. The molecular formula is C13H13F2NO. The zero-order valence-corrected chi connectivity index (χ0v) is 9.49. The number of hydrogen-bond acceptors (Lipinski definition) is 1. The number of alkyl halides is 1. The molecule has 0 N–H and O–H groups in total. The van der Waals surface area contributed by atoms with Crippen LogP contribution in [-0.2, 0) is 4.79 Å². The van der Waals surface area contributed by atoms with Crippen molar-refractivity contribution in [3.63, 3.8) is 0 Å². The Morgan fingerprint density at radius 2 is 2.12 bits per heavy atom. The summed E-state index contributed by atoms with van der Waals surface area (Å²) in [7, 11) is 0. The van der Waals surface area contributed by atoms with Crippen LogP contribution in [-0.4, -0.2) is 16.8 Å². The van der Waals surface area contributed by atoms with Gasteiger partial charge in [0.25, 0.3) is 0 Å². The summed E-state index contributed by atoms with van der Waals surface area (Å²) >= 11 is 0. The van der Waals surface area contributed by atoms with Crippen molar-refractivity contribution in [2.45, 2.75) is 38.0 Å². The summed E-state index contributed by atoms with van der Waals surface area (Å²) in [5.74, 6) is -0.409. The molecule has 4 heteroatoms. The molecule has 0 radical (unpaired) electrons. The molecular weight excluding hydrogens is 224 g/mol. The fourth-order valence-electron chi connectivity index (χ4n) is 3.03. The van der Waals surface area contributed by atoms with E-state index in [1.54, 1.807) is 4.90 Å². The summed E-state index contributed by atoms with van der Waals surface area (Å²) in [5.41, 5.74) is 1.14. The molecule has 1 aromatic rings. The minimum Gasteiger partial charge on any atom is -0.330 e. The first-order valence-electron chi connectivity index (χ1n) is 5.84. The van der Waals surface area contributed by atoms with Crippen LogP contribution in [0.15, 0.2) is 18.2 Å². The van der Waals surface area contributed by atoms with Crippen LogP contribution >= 0.6 is 0 Å². The molecule has 0 unspecified atom stereocenters. The number of rotatable bonds is 0. The van der Waals surface area contributed by atoms with Crippen LogP contribution in [0.2, 0.25) is 0 Å². The van der Waals surface area contributed by atoms with Crippen molar-refractivity contribution in [3.8, 4) is 0 Å². The molecule has 0 aromatic heterocycles. The Morgan fingerprint density at radius 1 is 1.35 bits per heavy atom. The Bertz CT molecular complexity index is 488. The number of carbonyl (C=O) groups excluding carboxylic acids is 1. The van der Waals surface area contributed by atoms with E-state index in [9.17, 15) is 13.6 Å². The number of nitrogens with zero attached hydrogens (tertiary/aromatic N) is 1. The van der Waals surface area contributed by atoms with Gasteiger partial charge < -0.3 is 4.90 Å². The predicted molar refractivity (Wildman–Crippen MR) is 58.5 cm³/mol. The number of fused-ring (bicyclic) bond motifs is 2. The van der Waals surface area contributed by atoms with Crippen molar-refractivity contribution in [2.75, 3.05) is 0 Å². The van der Waals surface area contributed by atoms with Crippen LogP contribution in [0.25, 0.3) is 0 Å². The molecule has 0 aliphatic carbocycles. The lowest BCUT2D eigenvalue weighted by molar-refractivity contribution is -0.132. The summed E-state index contributed by atoms with van der Waals surface area (Å²) < 4.78 is 27.5. The van der Waals surface area contributed by atoms with Gasteiger partial charge in [0, 0.05) is 6.42 Å². The van der Waals surface area contributed by atoms with Gasteiger partial charge in [-0.25, -0.2) is 8.78 Å². The van der Waals surface area contributed by atoms with Crippen molar-refractivity contribution < 1.29 is 13.6 Å². The van der Waals surface area contributed by atoms with Gasteiger partial charge in [0.2, 0.25) is 5.91 Å². The van der Waals surface area contributed by atoms with Gasteiger partial charge in [-0.2, -0.15) is 0 Å². The largest absolute Gasteiger partial charge is 0.330 e. The maximum absolute atomic E-state index is 14.3. The normalized spacial score (nSPS) is 31.4. The fraction of sp³-hybridized carbons (Fsp3) is 0.462. The molecule has 3 rings (SSSR count). The van der Waals surface area contributed by atoms with Gasteiger partial charge >= 0.3 is 0 Å². The average molecular weight is 237 g/mol. The van der Waals surface area contributed by atoms with Crippen molar-refractivity contribution in [1.82, 2.24) is 4.90 Å². The Morgan fingerprint density at radius 3 is 2.88 bits per heavy atom. The Kier molecular flexibility index (Phi) is 2.21. The number of carbonyl (C=O) groups is 1. The monoisotopic (exact) mass is 237 g/mol. The number of amides is 1. The summed E-state index contributed by atoms with van der Waals surface area (Å²) in [6.07, 6.45) is -0.235. The lowest BCUT2D eigenvalue weighted by Crippen LogP contribution is -2.42. The van der Waals surface area contributed by atoms with Gasteiger partial charge in [-0.15, -0.1) is 0 Å². The van der Waals surface area contributed by atoms with Gasteiger partial charge in [0.15, 0.2) is 0 Å². The molecule has 2 nitrogen and oxygen atoms in total. The first-order valence-corrected chi connectivity index (χ1v) is 5.84. The van der Waals surface area contributed by atoms with Crippen molar-refractivity contribution in [1.29, 1.82) is 0 Å². The van der Waals surface area contributed by atoms with E-state index in [0.29, 0.717) is 24.0 Å². The van der Waals surface area contributed by atoms with E-state index in [2.05, 4.69) is 0 Å². The Balaban J connectivity index is 2.14. The van der Waals surface area contributed by atoms with Crippen LogP contribution in [0.4, 0.5) is 8.78 Å². The highest BCUT2D eigenvalue weighted by atomic mass is 19.1. The lowest BCUT2D eigenvalue weighted by atomic mass is 9.88. The first-order chi connectivity index (χ1) is 8.09. The predicted octanol–water partition coefficient (Wildman–Crippen LogP) is 2.90. The minimum atomic E-state index is -1.19. The number of halogens is 2. The molecule has 1 saturated heterocycles. The second-order valence-corrected chi connectivity index (χ2v) is 4.76. The molecule has 2 aliphatic rings. The summed E-state index contributed by atoms with van der Waals surface area (Å²) in [4.78, 5) is 13.3. The van der Waals surface area contributed by atoms with Crippen LogP contribution < -0.4 is 0 Å². The second kappa shape index (κ2) is 3.52. The number of hydrogen-bond donors (Lipinski definition) is 0. The van der Waals surface area contributed by atoms with Gasteiger partial charge in [-0.05, 0) is 36.6 Å². The van der Waals surface area contributed by atoms with E-state index in [0.717, 1.165) is 0 Å². The highest BCUT2D eigenvalue weighted by Gasteiger charge is 2.45. The van der Waals surface area contributed by atoms with E-state index in [4.69, 9.17) is 0 Å². The summed E-state index contributed by atoms with van der Waals surface area (Å²) in [6.45, 7) is 1.83. The highest BCUT2D eigenvalue weighted by Crippen LogP contribution is 2.45. The molecule has 1 amide bonds. The van der Waals surface area contributed by atoms with Crippen LogP contribution in [0.3, 0.4) is 0 Å².